The lowest BCUT2D eigenvalue weighted by molar-refractivity contribution is -0.408. The molecule has 0 unspecified atom stereocenters. The van der Waals surface area contributed by atoms with E-state index in [-0.39, 0.29) is 52.9 Å². The quantitative estimate of drug-likeness (QED) is 0.0184. The van der Waals surface area contributed by atoms with Crippen molar-refractivity contribution < 1.29 is 138 Å². The van der Waals surface area contributed by atoms with Crippen molar-refractivity contribution in [3.05, 3.63) is 215 Å². The van der Waals surface area contributed by atoms with Crippen molar-refractivity contribution in [3.8, 4) is 0 Å². The van der Waals surface area contributed by atoms with Gasteiger partial charge in [0, 0.05) is 63.1 Å². The molecule has 3 N–H and O–H groups in total. The number of benzene rings is 6. The highest BCUT2D eigenvalue weighted by Gasteiger charge is 2.64. The van der Waals surface area contributed by atoms with Gasteiger partial charge in [-0.05, 0) is 39.4 Å². The standard InChI is InChI=1S/C89H112N2O29Si/c1-55(92)90-73-68(111-59(5)96)44-89(88(100)101-8,119-80(73)77(113-61(7)98)72(112-60(6)97)54-106-58(4)95)120-82-79(117-85-74(91-56(2)93)75(99)76(71(114-85)53-105-57(3)94)107-47-64-34-22-14-23-35-64)70(52-103-46-63-32-20-13-21-33-63)116-87(84(82)110-50-67-40-28-17-29-41-67)118-78-69(51-102-45-62-30-18-12-19-31-62)115-86(104-42-43-121(9,10)11)83(109-49-66-38-26-16-27-39-66)81(78)108-48-65-36-24-15-25-37-65/h12-41,68-87,99H,42-54H2,1-11H3,(H,90,92)(H,91,93)/t68-,69+,70+,71+,72+,73+,74+,75+,76-,77+,78+,79-,80+,81-,82-,83+,84+,85-,86+,87-,89-/m0/s1. The van der Waals surface area contributed by atoms with Crippen LogP contribution in [0.3, 0.4) is 0 Å². The summed E-state index contributed by atoms with van der Waals surface area (Å²) in [6.07, 6.45) is -30.9. The lowest BCUT2D eigenvalue weighted by Gasteiger charge is -2.54. The number of ether oxygens (including phenoxy) is 20. The van der Waals surface area contributed by atoms with E-state index in [0.717, 1.165) is 58.4 Å². The van der Waals surface area contributed by atoms with Crippen LogP contribution in [0, 0.1) is 0 Å². The molecule has 2 amide bonds. The van der Waals surface area contributed by atoms with Gasteiger partial charge in [-0.2, -0.15) is 0 Å². The van der Waals surface area contributed by atoms with E-state index in [9.17, 15) is 38.7 Å². The highest BCUT2D eigenvalue weighted by atomic mass is 28.3. The number of esters is 6. The number of nitrogens with one attached hydrogen (secondary N) is 2. The Labute approximate surface area is 705 Å². The molecule has 0 aliphatic carbocycles. The molecule has 0 saturated carbocycles. The van der Waals surface area contributed by atoms with Crippen molar-refractivity contribution in [2.45, 2.75) is 249 Å². The second-order valence-electron chi connectivity index (χ2n) is 31.1. The summed E-state index contributed by atoms with van der Waals surface area (Å²) in [7, 11) is -0.838. The van der Waals surface area contributed by atoms with Gasteiger partial charge in [-0.3, -0.25) is 33.6 Å². The zero-order valence-electron chi connectivity index (χ0n) is 69.9. The fourth-order valence-corrected chi connectivity index (χ4v) is 15.3. The van der Waals surface area contributed by atoms with E-state index >= 15 is 4.79 Å². The summed E-state index contributed by atoms with van der Waals surface area (Å²) < 4.78 is 135. The van der Waals surface area contributed by atoms with Crippen molar-refractivity contribution in [1.82, 2.24) is 10.6 Å². The summed E-state index contributed by atoms with van der Waals surface area (Å²) in [5.74, 6) is -10.7. The fourth-order valence-electron chi connectivity index (χ4n) is 14.6. The molecule has 0 aromatic heterocycles. The van der Waals surface area contributed by atoms with Crippen molar-refractivity contribution in [1.29, 1.82) is 0 Å². The molecule has 0 spiro atoms. The number of carbonyl (C=O) groups is 8. The minimum absolute atomic E-state index is 0.00477. The minimum atomic E-state index is -3.12. The van der Waals surface area contributed by atoms with Crippen LogP contribution in [0.1, 0.15) is 88.3 Å². The van der Waals surface area contributed by atoms with E-state index in [0.29, 0.717) is 22.7 Å². The first-order valence-electron chi connectivity index (χ1n) is 40.3. The summed E-state index contributed by atoms with van der Waals surface area (Å²) in [5.41, 5.74) is 4.23. The maximum Gasteiger partial charge on any atom is 0.366 e. The summed E-state index contributed by atoms with van der Waals surface area (Å²) in [4.78, 5) is 111. The smallest absolute Gasteiger partial charge is 0.366 e. The van der Waals surface area contributed by atoms with Crippen LogP contribution in [-0.4, -0.2) is 229 Å². The molecule has 0 radical (unpaired) electrons. The Morgan fingerprint density at radius 3 is 1.29 bits per heavy atom. The molecular weight excluding hydrogens is 1590 g/mol. The van der Waals surface area contributed by atoms with Gasteiger partial charge in [0.15, 0.2) is 31.1 Å². The summed E-state index contributed by atoms with van der Waals surface area (Å²) in [5, 5.41) is 18.6. The van der Waals surface area contributed by atoms with E-state index in [1.165, 1.54) is 13.8 Å². The summed E-state index contributed by atoms with van der Waals surface area (Å²) in [6.45, 7) is 11.8. The van der Waals surface area contributed by atoms with Crippen molar-refractivity contribution in [2.24, 2.45) is 0 Å². The van der Waals surface area contributed by atoms with Crippen LogP contribution in [-0.2, 0) is 173 Å². The van der Waals surface area contributed by atoms with Gasteiger partial charge in [-0.25, -0.2) is 4.79 Å². The maximum absolute atomic E-state index is 16.1. The summed E-state index contributed by atoms with van der Waals surface area (Å²) in [6, 6.07) is 52.5. The Morgan fingerprint density at radius 2 is 0.851 bits per heavy atom. The minimum Gasteiger partial charge on any atom is -0.465 e. The van der Waals surface area contributed by atoms with Gasteiger partial charge in [-0.15, -0.1) is 0 Å². The van der Waals surface area contributed by atoms with Crippen LogP contribution >= 0.6 is 0 Å². The van der Waals surface area contributed by atoms with Crippen LogP contribution in [0.4, 0.5) is 0 Å². The molecule has 10 rings (SSSR count). The molecule has 121 heavy (non-hydrogen) atoms. The highest BCUT2D eigenvalue weighted by Crippen LogP contribution is 2.44. The number of amides is 2. The average molecular weight is 1700 g/mol. The van der Waals surface area contributed by atoms with E-state index < -0.39 is 210 Å². The van der Waals surface area contributed by atoms with Gasteiger partial charge in [0.1, 0.15) is 98.6 Å². The normalized spacial score (nSPS) is 27.1. The van der Waals surface area contributed by atoms with E-state index in [2.05, 4.69) is 30.3 Å². The second kappa shape index (κ2) is 46.3. The molecular formula is C89H112N2O29Si. The third-order valence-corrected chi connectivity index (χ3v) is 21.8. The first-order valence-corrected chi connectivity index (χ1v) is 44.0. The molecule has 0 bridgehead atoms. The fraction of sp³-hybridized carbons (Fsp3) is 0.506. The van der Waals surface area contributed by atoms with Gasteiger partial charge >= 0.3 is 35.8 Å². The maximum atomic E-state index is 16.1. The van der Waals surface area contributed by atoms with Crippen LogP contribution in [0.25, 0.3) is 0 Å². The number of hydrogen-bond acceptors (Lipinski definition) is 29. The Bertz CT molecular complexity index is 4220. The topological polar surface area (TPSA) is 365 Å². The van der Waals surface area contributed by atoms with Crippen LogP contribution in [0.2, 0.25) is 25.7 Å². The summed E-state index contributed by atoms with van der Waals surface area (Å²) >= 11 is 0. The van der Waals surface area contributed by atoms with E-state index in [1.807, 2.05) is 127 Å². The Morgan fingerprint density at radius 1 is 0.446 bits per heavy atom. The first kappa shape index (κ1) is 94.0. The molecule has 21 atom stereocenters. The van der Waals surface area contributed by atoms with Gasteiger partial charge in [-0.1, -0.05) is 202 Å². The number of hydrogen-bond donors (Lipinski definition) is 3. The lowest BCUT2D eigenvalue weighted by atomic mass is 9.87. The average Bonchev–Trinajstić information content (AvgIpc) is 0.735. The molecule has 6 aromatic carbocycles. The van der Waals surface area contributed by atoms with Crippen LogP contribution < -0.4 is 10.6 Å². The molecule has 4 saturated heterocycles. The number of aliphatic hydroxyl groups excluding tert-OH is 1. The molecule has 656 valence electrons. The second-order valence-corrected chi connectivity index (χ2v) is 36.7. The zero-order valence-corrected chi connectivity index (χ0v) is 70.9. The van der Waals surface area contributed by atoms with Crippen molar-refractivity contribution >= 4 is 55.7 Å². The lowest BCUT2D eigenvalue weighted by Crippen LogP contribution is -2.73. The molecule has 31 nitrogen and oxygen atoms in total. The SMILES string of the molecule is COC(=O)[C@@]1(O[C@H]2[C@@H](O[C@@H]3O[C@H](COC(C)=O)[C@H](OCc4ccccc4)[C@H](O)[C@H]3NC(C)=O)[C@@H](COCc3ccccc3)O[C@@H](O[C@H]3[C@H](OCc4ccccc4)[C@@H](OCc4ccccc4)[C@H](OCC[Si](C)(C)C)O[C@@H]3COCc3ccccc3)[C@@H]2OCc2ccccc2)C[C@H](OC(C)=O)[C@@H](NC(C)=O)[C@H]([C@H](OC(C)=O)[C@@H](COC(C)=O)OC(C)=O)O1. The Hall–Kier alpha value is -9.30. The monoisotopic (exact) mass is 1700 g/mol. The predicted octanol–water partition coefficient (Wildman–Crippen LogP) is 8.40. The van der Waals surface area contributed by atoms with E-state index in [4.69, 9.17) is 94.7 Å². The van der Waals surface area contributed by atoms with Crippen LogP contribution in [0.15, 0.2) is 182 Å². The zero-order chi connectivity index (χ0) is 86.6. The molecule has 32 heteroatoms. The molecule has 6 aromatic rings. The van der Waals surface area contributed by atoms with Crippen molar-refractivity contribution in [3.63, 3.8) is 0 Å². The van der Waals surface area contributed by atoms with Gasteiger partial charge in [0.05, 0.1) is 72.4 Å². The van der Waals surface area contributed by atoms with Gasteiger partial charge in [0.2, 0.25) is 11.8 Å². The number of carbonyl (C=O) groups excluding carboxylic acids is 8. The third-order valence-electron chi connectivity index (χ3n) is 20.1. The molecule has 4 aliphatic heterocycles. The van der Waals surface area contributed by atoms with E-state index in [1.54, 1.807) is 54.6 Å². The number of methoxy groups -OCH3 is 1. The first-order chi connectivity index (χ1) is 58.1. The molecule has 4 heterocycles. The third kappa shape index (κ3) is 28.4. The largest absolute Gasteiger partial charge is 0.465 e. The number of rotatable bonds is 42. The Kier molecular flexibility index (Phi) is 35.9. The van der Waals surface area contributed by atoms with Crippen LogP contribution in [0.5, 0.6) is 0 Å². The molecule has 4 fully saturated rings. The Balaban J connectivity index is 1.24. The number of aliphatic hydroxyl groups is 1. The predicted molar refractivity (Wildman–Crippen MR) is 432 cm³/mol. The highest BCUT2D eigenvalue weighted by molar-refractivity contribution is 6.76. The van der Waals surface area contributed by atoms with Gasteiger partial charge < -0.3 is 110 Å². The van der Waals surface area contributed by atoms with Gasteiger partial charge in [0.25, 0.3) is 5.79 Å². The molecule has 4 aliphatic rings. The van der Waals surface area contributed by atoms with Crippen molar-refractivity contribution in [2.75, 3.05) is 40.1 Å².